The molecule has 0 unspecified atom stereocenters. The van der Waals surface area contributed by atoms with Crippen LogP contribution in [0.2, 0.25) is 0 Å². The first-order valence-corrected chi connectivity index (χ1v) is 7.35. The maximum atomic E-state index is 6.08. The lowest BCUT2D eigenvalue weighted by Gasteiger charge is -2.40. The fraction of sp³-hybridized carbons (Fsp3) is 1.00. The first-order chi connectivity index (χ1) is 9.27. The third-order valence-electron chi connectivity index (χ3n) is 4.00. The molecule has 20 heavy (non-hydrogen) atoms. The third kappa shape index (κ3) is 2.38. The van der Waals surface area contributed by atoms with E-state index < -0.39 is 17.4 Å². The van der Waals surface area contributed by atoms with E-state index in [1.165, 1.54) is 0 Å². The Morgan fingerprint density at radius 2 is 1.80 bits per heavy atom. The number of ether oxygens (including phenoxy) is 5. The molecule has 116 valence electrons. The lowest BCUT2D eigenvalue weighted by atomic mass is 9.93. The molecule has 0 aromatic carbocycles. The summed E-state index contributed by atoms with van der Waals surface area (Å²) in [6, 6.07) is 0. The zero-order chi connectivity index (χ0) is 14.6. The van der Waals surface area contributed by atoms with Crippen LogP contribution in [0.3, 0.4) is 0 Å². The number of hydrogen-bond donors (Lipinski definition) is 1. The van der Waals surface area contributed by atoms with Crippen LogP contribution in [0.15, 0.2) is 0 Å². The summed E-state index contributed by atoms with van der Waals surface area (Å²) < 4.78 is 30.1. The van der Waals surface area contributed by atoms with Crippen LogP contribution in [0.1, 0.15) is 40.5 Å². The molecule has 0 spiro atoms. The van der Waals surface area contributed by atoms with Gasteiger partial charge in [0.1, 0.15) is 18.3 Å². The Kier molecular flexibility index (Phi) is 3.40. The summed E-state index contributed by atoms with van der Waals surface area (Å²) in [6.07, 6.45) is 0.948. The second-order valence-electron chi connectivity index (χ2n) is 6.69. The molecule has 3 aliphatic heterocycles. The van der Waals surface area contributed by atoms with E-state index in [0.29, 0.717) is 19.6 Å². The maximum absolute atomic E-state index is 6.08. The summed E-state index contributed by atoms with van der Waals surface area (Å²) in [4.78, 5) is 0. The van der Waals surface area contributed by atoms with Gasteiger partial charge in [-0.05, 0) is 40.7 Å². The highest BCUT2D eigenvalue weighted by Crippen LogP contribution is 2.49. The van der Waals surface area contributed by atoms with E-state index in [2.05, 4.69) is 0 Å². The minimum atomic E-state index is -0.770. The van der Waals surface area contributed by atoms with Crippen molar-refractivity contribution in [2.45, 2.75) is 76.2 Å². The van der Waals surface area contributed by atoms with Crippen LogP contribution in [0.25, 0.3) is 0 Å². The molecule has 0 aromatic heterocycles. The van der Waals surface area contributed by atoms with Gasteiger partial charge >= 0.3 is 0 Å². The molecule has 0 amide bonds. The van der Waals surface area contributed by atoms with E-state index in [0.717, 1.165) is 6.42 Å². The second kappa shape index (κ2) is 4.63. The van der Waals surface area contributed by atoms with Gasteiger partial charge in [0, 0.05) is 6.42 Å². The van der Waals surface area contributed by atoms with Gasteiger partial charge in [0.25, 0.3) is 0 Å². The van der Waals surface area contributed by atoms with E-state index >= 15 is 0 Å². The average Bonchev–Trinajstić information content (AvgIpc) is 2.78. The largest absolute Gasteiger partial charge is 0.344 e. The summed E-state index contributed by atoms with van der Waals surface area (Å²) >= 11 is 0. The van der Waals surface area contributed by atoms with Crippen molar-refractivity contribution in [2.24, 2.45) is 5.73 Å². The zero-order valence-corrected chi connectivity index (χ0v) is 12.7. The van der Waals surface area contributed by atoms with Crippen LogP contribution >= 0.6 is 0 Å². The van der Waals surface area contributed by atoms with Crippen LogP contribution < -0.4 is 5.73 Å². The summed E-state index contributed by atoms with van der Waals surface area (Å²) in [6.45, 7) is 8.67. The molecule has 3 fully saturated rings. The fourth-order valence-electron chi connectivity index (χ4n) is 3.41. The standard InChI is InChI=1S/C14H25NO5/c1-12(2)17-9-8-16-14(6-5-7-15)11(10(9)18-12)19-13(3,4)20-14/h9-11H,5-8,15H2,1-4H3/t9-,10-,11+,14+/m1/s1. The maximum Gasteiger partial charge on any atom is 0.200 e. The van der Waals surface area contributed by atoms with Gasteiger partial charge in [-0.2, -0.15) is 0 Å². The number of fused-ring (bicyclic) bond motifs is 3. The molecule has 0 aromatic rings. The van der Waals surface area contributed by atoms with Crippen molar-refractivity contribution < 1.29 is 23.7 Å². The molecule has 3 saturated heterocycles. The monoisotopic (exact) mass is 287 g/mol. The van der Waals surface area contributed by atoms with Crippen molar-refractivity contribution in [1.82, 2.24) is 0 Å². The summed E-state index contributed by atoms with van der Waals surface area (Å²) in [5.41, 5.74) is 5.63. The Morgan fingerprint density at radius 1 is 1.05 bits per heavy atom. The Balaban J connectivity index is 1.86. The highest BCUT2D eigenvalue weighted by molar-refractivity contribution is 5.03. The van der Waals surface area contributed by atoms with Gasteiger partial charge in [0.05, 0.1) is 6.61 Å². The smallest absolute Gasteiger partial charge is 0.200 e. The minimum absolute atomic E-state index is 0.112. The molecule has 0 aliphatic carbocycles. The number of rotatable bonds is 3. The first kappa shape index (κ1) is 14.7. The quantitative estimate of drug-likeness (QED) is 0.839. The first-order valence-electron chi connectivity index (χ1n) is 7.35. The molecular weight excluding hydrogens is 262 g/mol. The molecule has 3 rings (SSSR count). The molecule has 0 saturated carbocycles. The number of nitrogens with two attached hydrogens (primary N) is 1. The fourth-order valence-corrected chi connectivity index (χ4v) is 3.41. The molecule has 3 heterocycles. The molecular formula is C14H25NO5. The van der Waals surface area contributed by atoms with Crippen molar-refractivity contribution in [3.63, 3.8) is 0 Å². The molecule has 3 aliphatic rings. The SMILES string of the molecule is CC1(C)O[C@@H]2[C@@H](CO[C@@]3(CCCN)OC(C)(C)O[C@@H]23)O1. The van der Waals surface area contributed by atoms with Crippen LogP contribution in [-0.2, 0) is 23.7 Å². The van der Waals surface area contributed by atoms with Crippen molar-refractivity contribution in [1.29, 1.82) is 0 Å². The van der Waals surface area contributed by atoms with Gasteiger partial charge < -0.3 is 29.4 Å². The van der Waals surface area contributed by atoms with Crippen LogP contribution in [0.4, 0.5) is 0 Å². The lowest BCUT2D eigenvalue weighted by Crippen LogP contribution is -2.58. The normalized spacial score (nSPS) is 45.1. The van der Waals surface area contributed by atoms with Gasteiger partial charge in [-0.15, -0.1) is 0 Å². The Bertz CT molecular complexity index is 386. The van der Waals surface area contributed by atoms with Gasteiger partial charge in [0.2, 0.25) is 5.79 Å². The Hall–Kier alpha value is -0.240. The van der Waals surface area contributed by atoms with Crippen LogP contribution in [0, 0.1) is 0 Å². The van der Waals surface area contributed by atoms with E-state index in [9.17, 15) is 0 Å². The molecule has 0 radical (unpaired) electrons. The summed E-state index contributed by atoms with van der Waals surface area (Å²) in [5, 5.41) is 0. The predicted octanol–water partition coefficient (Wildman–Crippen LogP) is 1.12. The van der Waals surface area contributed by atoms with Crippen molar-refractivity contribution in [3.05, 3.63) is 0 Å². The number of hydrogen-bond acceptors (Lipinski definition) is 6. The average molecular weight is 287 g/mol. The molecule has 6 nitrogen and oxygen atoms in total. The van der Waals surface area contributed by atoms with Gasteiger partial charge in [-0.1, -0.05) is 0 Å². The van der Waals surface area contributed by atoms with Crippen molar-refractivity contribution >= 4 is 0 Å². The van der Waals surface area contributed by atoms with Gasteiger partial charge in [0.15, 0.2) is 11.6 Å². The van der Waals surface area contributed by atoms with Gasteiger partial charge in [-0.3, -0.25) is 0 Å². The third-order valence-corrected chi connectivity index (χ3v) is 4.00. The Labute approximate surface area is 119 Å². The molecule has 0 bridgehead atoms. The summed E-state index contributed by atoms with van der Waals surface area (Å²) in [7, 11) is 0. The van der Waals surface area contributed by atoms with Crippen LogP contribution in [0.5, 0.6) is 0 Å². The zero-order valence-electron chi connectivity index (χ0n) is 12.7. The molecule has 2 N–H and O–H groups in total. The van der Waals surface area contributed by atoms with Crippen molar-refractivity contribution in [3.8, 4) is 0 Å². The predicted molar refractivity (Wildman–Crippen MR) is 70.8 cm³/mol. The van der Waals surface area contributed by atoms with E-state index in [4.69, 9.17) is 29.4 Å². The van der Waals surface area contributed by atoms with Crippen molar-refractivity contribution in [2.75, 3.05) is 13.2 Å². The highest BCUT2D eigenvalue weighted by atomic mass is 16.9. The minimum Gasteiger partial charge on any atom is -0.344 e. The Morgan fingerprint density at radius 3 is 2.50 bits per heavy atom. The molecule has 4 atom stereocenters. The topological polar surface area (TPSA) is 72.2 Å². The lowest BCUT2D eigenvalue weighted by molar-refractivity contribution is -0.284. The second-order valence-corrected chi connectivity index (χ2v) is 6.69. The highest BCUT2D eigenvalue weighted by Gasteiger charge is 2.64. The molecule has 6 heteroatoms. The van der Waals surface area contributed by atoms with Gasteiger partial charge in [-0.25, -0.2) is 0 Å². The van der Waals surface area contributed by atoms with E-state index in [1.807, 2.05) is 27.7 Å². The van der Waals surface area contributed by atoms with E-state index in [-0.39, 0.29) is 18.3 Å². The van der Waals surface area contributed by atoms with E-state index in [1.54, 1.807) is 0 Å². The summed E-state index contributed by atoms with van der Waals surface area (Å²) in [5.74, 6) is -2.07. The van der Waals surface area contributed by atoms with Crippen LogP contribution in [-0.4, -0.2) is 48.8 Å².